The van der Waals surface area contributed by atoms with Gasteiger partial charge in [-0.15, -0.1) is 0 Å². The Bertz CT molecular complexity index is 230. The number of hydrogen-bond acceptors (Lipinski definition) is 4. The van der Waals surface area contributed by atoms with Gasteiger partial charge in [-0.3, -0.25) is 5.41 Å². The molecule has 0 heterocycles. The quantitative estimate of drug-likeness (QED) is 0.325. The second-order valence-corrected chi connectivity index (χ2v) is 4.71. The lowest BCUT2D eigenvalue weighted by atomic mass is 10.0. The summed E-state index contributed by atoms with van der Waals surface area (Å²) in [6, 6.07) is 0. The molecule has 0 aromatic heterocycles. The van der Waals surface area contributed by atoms with Gasteiger partial charge in [-0.25, -0.2) is 0 Å². The van der Waals surface area contributed by atoms with Crippen molar-refractivity contribution in [1.29, 1.82) is 5.41 Å². The summed E-state index contributed by atoms with van der Waals surface area (Å²) < 4.78 is 15.8. The molecule has 100 valence electrons. The van der Waals surface area contributed by atoms with Crippen molar-refractivity contribution in [3.05, 3.63) is 0 Å². The van der Waals surface area contributed by atoms with Gasteiger partial charge in [0.15, 0.2) is 0 Å². The molecule has 5 nitrogen and oxygen atoms in total. The Morgan fingerprint density at radius 1 is 1.18 bits per heavy atom. The second kappa shape index (κ2) is 7.63. The fourth-order valence-corrected chi connectivity index (χ4v) is 1.75. The Morgan fingerprint density at radius 2 is 1.88 bits per heavy atom. The van der Waals surface area contributed by atoms with E-state index in [9.17, 15) is 0 Å². The largest absolute Gasteiger partial charge is 0.388 e. The Balaban J connectivity index is 1.89. The minimum absolute atomic E-state index is 0.183. The third-order valence-electron chi connectivity index (χ3n) is 2.94. The van der Waals surface area contributed by atoms with E-state index >= 15 is 0 Å². The van der Waals surface area contributed by atoms with Crippen molar-refractivity contribution in [3.8, 4) is 0 Å². The molecule has 0 aromatic carbocycles. The van der Waals surface area contributed by atoms with Crippen molar-refractivity contribution >= 4 is 5.84 Å². The van der Waals surface area contributed by atoms with E-state index in [0.717, 1.165) is 25.9 Å². The van der Waals surface area contributed by atoms with E-state index < -0.39 is 0 Å². The molecular formula is C12H24N2O3. The zero-order chi connectivity index (χ0) is 12.6. The van der Waals surface area contributed by atoms with E-state index in [2.05, 4.69) is 0 Å². The first-order valence-electron chi connectivity index (χ1n) is 6.16. The lowest BCUT2D eigenvalue weighted by Gasteiger charge is -2.14. The first-order valence-corrected chi connectivity index (χ1v) is 6.16. The molecule has 17 heavy (non-hydrogen) atoms. The first-order chi connectivity index (χ1) is 8.18. The minimum atomic E-state index is 0.183. The summed E-state index contributed by atoms with van der Waals surface area (Å²) in [6.07, 6.45) is 3.85. The summed E-state index contributed by atoms with van der Waals surface area (Å²) in [5.74, 6) is 0.272. The van der Waals surface area contributed by atoms with Gasteiger partial charge in [0.1, 0.15) is 0 Å². The zero-order valence-electron chi connectivity index (χ0n) is 10.7. The van der Waals surface area contributed by atoms with Crippen molar-refractivity contribution in [2.24, 2.45) is 11.1 Å². The van der Waals surface area contributed by atoms with Gasteiger partial charge >= 0.3 is 0 Å². The number of rotatable bonds is 11. The maximum atomic E-state index is 7.29. The van der Waals surface area contributed by atoms with Gasteiger partial charge in [0.2, 0.25) is 0 Å². The van der Waals surface area contributed by atoms with Crippen LogP contribution in [0.5, 0.6) is 0 Å². The molecule has 1 aliphatic carbocycles. The van der Waals surface area contributed by atoms with E-state index in [-0.39, 0.29) is 11.3 Å². The van der Waals surface area contributed by atoms with Gasteiger partial charge in [-0.2, -0.15) is 0 Å². The summed E-state index contributed by atoms with van der Waals surface area (Å²) in [5.41, 5.74) is 5.60. The molecule has 1 fully saturated rings. The van der Waals surface area contributed by atoms with Gasteiger partial charge in [0, 0.05) is 32.2 Å². The van der Waals surface area contributed by atoms with Crippen LogP contribution in [0.1, 0.15) is 25.7 Å². The Kier molecular flexibility index (Phi) is 6.47. The van der Waals surface area contributed by atoms with Gasteiger partial charge in [-0.05, 0) is 19.3 Å². The first kappa shape index (κ1) is 14.4. The van der Waals surface area contributed by atoms with Gasteiger partial charge in [-0.1, -0.05) is 0 Å². The van der Waals surface area contributed by atoms with Crippen LogP contribution in [0.15, 0.2) is 0 Å². The van der Waals surface area contributed by atoms with E-state index in [1.807, 2.05) is 0 Å². The monoisotopic (exact) mass is 244 g/mol. The van der Waals surface area contributed by atoms with Crippen molar-refractivity contribution in [2.45, 2.75) is 25.7 Å². The average molecular weight is 244 g/mol. The standard InChI is InChI=1S/C12H24N2O3/c1-15-7-8-16-5-2-6-17-10-12(3-4-12)9-11(13)14/h2-10H2,1H3,(H3,13,14). The highest BCUT2D eigenvalue weighted by molar-refractivity contribution is 5.78. The molecule has 5 heteroatoms. The maximum Gasteiger partial charge on any atom is 0.0911 e. The van der Waals surface area contributed by atoms with Crippen LogP contribution >= 0.6 is 0 Å². The molecule has 0 aromatic rings. The second-order valence-electron chi connectivity index (χ2n) is 4.71. The molecule has 0 amide bonds. The SMILES string of the molecule is COCCOCCCOCC1(CC(=N)N)CC1. The minimum Gasteiger partial charge on any atom is -0.388 e. The molecule has 0 aliphatic heterocycles. The van der Waals surface area contributed by atoms with Crippen LogP contribution in [0.2, 0.25) is 0 Å². The highest BCUT2D eigenvalue weighted by atomic mass is 16.5. The summed E-state index contributed by atoms with van der Waals surface area (Å²) in [7, 11) is 1.66. The highest BCUT2D eigenvalue weighted by Gasteiger charge is 2.43. The average Bonchev–Trinajstić information content (AvgIpc) is 3.01. The van der Waals surface area contributed by atoms with Crippen molar-refractivity contribution < 1.29 is 14.2 Å². The van der Waals surface area contributed by atoms with Crippen LogP contribution in [-0.4, -0.2) is 46.0 Å². The van der Waals surface area contributed by atoms with E-state index in [1.165, 1.54) is 0 Å². The number of amidine groups is 1. The lowest BCUT2D eigenvalue weighted by molar-refractivity contribution is 0.0423. The number of hydrogen-bond donors (Lipinski definition) is 2. The summed E-state index contributed by atoms with van der Waals surface area (Å²) >= 11 is 0. The van der Waals surface area contributed by atoms with Gasteiger partial charge < -0.3 is 19.9 Å². The summed E-state index contributed by atoms with van der Waals surface area (Å²) in [5, 5.41) is 7.29. The molecule has 0 unspecified atom stereocenters. The zero-order valence-corrected chi connectivity index (χ0v) is 10.7. The summed E-state index contributed by atoms with van der Waals surface area (Å²) in [6.45, 7) is 3.44. The molecule has 1 saturated carbocycles. The number of nitrogens with one attached hydrogen (secondary N) is 1. The van der Waals surface area contributed by atoms with E-state index in [0.29, 0.717) is 32.8 Å². The molecule has 0 bridgehead atoms. The van der Waals surface area contributed by atoms with Crippen molar-refractivity contribution in [2.75, 3.05) is 40.1 Å². The third kappa shape index (κ3) is 6.61. The smallest absolute Gasteiger partial charge is 0.0911 e. The molecule has 3 N–H and O–H groups in total. The van der Waals surface area contributed by atoms with Crippen LogP contribution in [0.25, 0.3) is 0 Å². The van der Waals surface area contributed by atoms with Crippen molar-refractivity contribution in [1.82, 2.24) is 0 Å². The predicted molar refractivity (Wildman–Crippen MR) is 66.3 cm³/mol. The number of methoxy groups -OCH3 is 1. The van der Waals surface area contributed by atoms with Crippen LogP contribution in [0.4, 0.5) is 0 Å². The fraction of sp³-hybridized carbons (Fsp3) is 0.917. The van der Waals surface area contributed by atoms with Crippen molar-refractivity contribution in [3.63, 3.8) is 0 Å². The topological polar surface area (TPSA) is 77.6 Å². The van der Waals surface area contributed by atoms with Crippen LogP contribution < -0.4 is 5.73 Å². The third-order valence-corrected chi connectivity index (χ3v) is 2.94. The normalized spacial score (nSPS) is 17.0. The molecule has 0 saturated heterocycles. The highest BCUT2D eigenvalue weighted by Crippen LogP contribution is 2.48. The van der Waals surface area contributed by atoms with Gasteiger partial charge in [0.05, 0.1) is 25.7 Å². The fourth-order valence-electron chi connectivity index (χ4n) is 1.75. The van der Waals surface area contributed by atoms with E-state index in [4.69, 9.17) is 25.4 Å². The molecule has 0 atom stereocenters. The Labute approximate surface area is 103 Å². The lowest BCUT2D eigenvalue weighted by Crippen LogP contribution is -2.21. The molecule has 1 aliphatic rings. The van der Waals surface area contributed by atoms with E-state index in [1.54, 1.807) is 7.11 Å². The van der Waals surface area contributed by atoms with Crippen LogP contribution in [0, 0.1) is 10.8 Å². The molecule has 1 rings (SSSR count). The summed E-state index contributed by atoms with van der Waals surface area (Å²) in [4.78, 5) is 0. The van der Waals surface area contributed by atoms with Crippen LogP contribution in [0.3, 0.4) is 0 Å². The maximum absolute atomic E-state index is 7.29. The van der Waals surface area contributed by atoms with Gasteiger partial charge in [0.25, 0.3) is 0 Å². The molecular weight excluding hydrogens is 220 g/mol. The Hall–Kier alpha value is -0.650. The van der Waals surface area contributed by atoms with Crippen LogP contribution in [-0.2, 0) is 14.2 Å². The molecule has 0 radical (unpaired) electrons. The molecule has 0 spiro atoms. The predicted octanol–water partition coefficient (Wildman–Crippen LogP) is 1.16. The number of nitrogens with two attached hydrogens (primary N) is 1. The Morgan fingerprint density at radius 3 is 2.47 bits per heavy atom. The number of ether oxygens (including phenoxy) is 3.